The van der Waals surface area contributed by atoms with E-state index >= 15 is 0 Å². The predicted molar refractivity (Wildman–Crippen MR) is 90.9 cm³/mol. The smallest absolute Gasteiger partial charge is 0.326 e. The van der Waals surface area contributed by atoms with Gasteiger partial charge >= 0.3 is 5.25 Å². The van der Waals surface area contributed by atoms with Gasteiger partial charge in [-0.2, -0.15) is 8.78 Å². The number of halogens is 2. The van der Waals surface area contributed by atoms with Crippen molar-refractivity contribution in [2.24, 2.45) is 0 Å². The Morgan fingerprint density at radius 1 is 0.909 bits per heavy atom. The van der Waals surface area contributed by atoms with Crippen LogP contribution < -0.4 is 0 Å². The van der Waals surface area contributed by atoms with Gasteiger partial charge in [-0.3, -0.25) is 0 Å². The molecule has 0 saturated heterocycles. The standard InChI is InChI=1S/C17H20F2OSSi/c1-22(2,3)20-16(14-10-6-4-7-11-14)17(18,19)21-15-12-8-5-9-13-15/h4-13,16H,1-3H3. The highest BCUT2D eigenvalue weighted by Gasteiger charge is 2.44. The fourth-order valence-corrected chi connectivity index (χ4v) is 3.99. The summed E-state index contributed by atoms with van der Waals surface area (Å²) >= 11 is 0.553. The molecule has 118 valence electrons. The lowest BCUT2D eigenvalue weighted by Gasteiger charge is -2.32. The Morgan fingerprint density at radius 2 is 1.41 bits per heavy atom. The Hall–Kier alpha value is -1.17. The van der Waals surface area contributed by atoms with Crippen LogP contribution in [0.4, 0.5) is 8.78 Å². The van der Waals surface area contributed by atoms with E-state index in [1.165, 1.54) is 0 Å². The van der Waals surface area contributed by atoms with Crippen molar-refractivity contribution in [2.75, 3.05) is 0 Å². The van der Waals surface area contributed by atoms with Crippen LogP contribution in [0.15, 0.2) is 65.6 Å². The Kier molecular flexibility index (Phi) is 5.42. The van der Waals surface area contributed by atoms with Crippen molar-refractivity contribution < 1.29 is 13.2 Å². The van der Waals surface area contributed by atoms with Crippen LogP contribution >= 0.6 is 11.8 Å². The maximum atomic E-state index is 14.9. The summed E-state index contributed by atoms with van der Waals surface area (Å²) in [7, 11) is -2.12. The minimum Gasteiger partial charge on any atom is -0.404 e. The van der Waals surface area contributed by atoms with E-state index in [0.717, 1.165) is 0 Å². The zero-order valence-electron chi connectivity index (χ0n) is 12.9. The fraction of sp³-hybridized carbons (Fsp3) is 0.294. The summed E-state index contributed by atoms with van der Waals surface area (Å²) in [6.07, 6.45) is -1.24. The molecule has 1 atom stereocenters. The number of hydrogen-bond acceptors (Lipinski definition) is 2. The lowest BCUT2D eigenvalue weighted by molar-refractivity contribution is -0.0249. The first-order chi connectivity index (χ1) is 10.3. The summed E-state index contributed by atoms with van der Waals surface area (Å²) in [5.41, 5.74) is 0.512. The van der Waals surface area contributed by atoms with Crippen LogP contribution in [0.25, 0.3) is 0 Å². The van der Waals surface area contributed by atoms with E-state index in [-0.39, 0.29) is 0 Å². The normalized spacial score (nSPS) is 13.9. The third kappa shape index (κ3) is 4.93. The highest BCUT2D eigenvalue weighted by Crippen LogP contribution is 2.47. The lowest BCUT2D eigenvalue weighted by Crippen LogP contribution is -2.35. The molecule has 0 heterocycles. The summed E-state index contributed by atoms with van der Waals surface area (Å²) in [5.74, 6) is 0. The maximum Gasteiger partial charge on any atom is 0.326 e. The number of thioether (sulfide) groups is 1. The van der Waals surface area contributed by atoms with Gasteiger partial charge in [-0.05, 0) is 49.1 Å². The van der Waals surface area contributed by atoms with Crippen molar-refractivity contribution in [3.63, 3.8) is 0 Å². The van der Waals surface area contributed by atoms with Crippen molar-refractivity contribution in [1.29, 1.82) is 0 Å². The first-order valence-corrected chi connectivity index (χ1v) is 11.3. The van der Waals surface area contributed by atoms with E-state index in [1.54, 1.807) is 48.5 Å². The van der Waals surface area contributed by atoms with Crippen LogP contribution in [-0.2, 0) is 4.43 Å². The van der Waals surface area contributed by atoms with Crippen molar-refractivity contribution >= 4 is 20.1 Å². The molecular weight excluding hydrogens is 318 g/mol. The summed E-state index contributed by atoms with van der Waals surface area (Å²) < 4.78 is 35.5. The van der Waals surface area contributed by atoms with E-state index < -0.39 is 19.7 Å². The minimum atomic E-state index is -3.04. The van der Waals surface area contributed by atoms with Crippen molar-refractivity contribution in [2.45, 2.75) is 35.9 Å². The third-order valence-corrected chi connectivity index (χ3v) is 4.81. The molecule has 22 heavy (non-hydrogen) atoms. The average Bonchev–Trinajstić information content (AvgIpc) is 2.45. The van der Waals surface area contributed by atoms with Gasteiger partial charge in [0.25, 0.3) is 0 Å². The summed E-state index contributed by atoms with van der Waals surface area (Å²) in [5, 5.41) is -3.04. The highest BCUT2D eigenvalue weighted by atomic mass is 32.2. The summed E-state index contributed by atoms with van der Waals surface area (Å²) in [6.45, 7) is 5.77. The van der Waals surface area contributed by atoms with E-state index in [9.17, 15) is 8.78 Å². The van der Waals surface area contributed by atoms with Gasteiger partial charge in [0, 0.05) is 4.90 Å². The number of hydrogen-bond donors (Lipinski definition) is 0. The Morgan fingerprint density at radius 3 is 1.91 bits per heavy atom. The largest absolute Gasteiger partial charge is 0.404 e. The number of rotatable bonds is 6. The van der Waals surface area contributed by atoms with Crippen LogP contribution in [0, 0.1) is 0 Å². The first kappa shape index (κ1) is 17.2. The Labute approximate surface area is 135 Å². The Bertz CT molecular complexity index is 585. The van der Waals surface area contributed by atoms with Gasteiger partial charge in [0.2, 0.25) is 0 Å². The molecule has 0 bridgehead atoms. The molecule has 0 radical (unpaired) electrons. The molecule has 0 N–H and O–H groups in total. The van der Waals surface area contributed by atoms with Crippen LogP contribution in [0.2, 0.25) is 19.6 Å². The van der Waals surface area contributed by atoms with Gasteiger partial charge in [-0.15, -0.1) is 0 Å². The van der Waals surface area contributed by atoms with Crippen molar-refractivity contribution in [1.82, 2.24) is 0 Å². The van der Waals surface area contributed by atoms with E-state index in [4.69, 9.17) is 4.43 Å². The SMILES string of the molecule is C[Si](C)(C)OC(c1ccccc1)C(F)(F)Sc1ccccc1. The average molecular weight is 338 g/mol. The minimum absolute atomic E-state index is 0.512. The molecule has 0 aliphatic heterocycles. The molecule has 2 aromatic carbocycles. The van der Waals surface area contributed by atoms with E-state index in [0.29, 0.717) is 22.2 Å². The van der Waals surface area contributed by atoms with Crippen LogP contribution in [0.1, 0.15) is 11.7 Å². The third-order valence-electron chi connectivity index (χ3n) is 2.88. The summed E-state index contributed by atoms with van der Waals surface area (Å²) in [6, 6.07) is 17.5. The van der Waals surface area contributed by atoms with E-state index in [2.05, 4.69) is 0 Å². The molecule has 0 saturated carbocycles. The van der Waals surface area contributed by atoms with E-state index in [1.807, 2.05) is 31.8 Å². The topological polar surface area (TPSA) is 9.23 Å². The number of alkyl halides is 2. The first-order valence-electron chi connectivity index (χ1n) is 7.12. The molecule has 1 nitrogen and oxygen atoms in total. The molecule has 1 unspecified atom stereocenters. The predicted octanol–water partition coefficient (Wildman–Crippen LogP) is 5.96. The lowest BCUT2D eigenvalue weighted by atomic mass is 10.1. The second kappa shape index (κ2) is 6.94. The van der Waals surface area contributed by atoms with Gasteiger partial charge < -0.3 is 4.43 Å². The molecule has 0 spiro atoms. The molecular formula is C17H20F2OSSi. The van der Waals surface area contributed by atoms with Gasteiger partial charge in [0.05, 0.1) is 0 Å². The van der Waals surface area contributed by atoms with Gasteiger partial charge in [0.15, 0.2) is 8.32 Å². The quantitative estimate of drug-likeness (QED) is 0.474. The molecule has 2 rings (SSSR count). The van der Waals surface area contributed by atoms with Crippen LogP contribution in [0.5, 0.6) is 0 Å². The maximum absolute atomic E-state index is 14.9. The second-order valence-corrected chi connectivity index (χ2v) is 11.7. The highest BCUT2D eigenvalue weighted by molar-refractivity contribution is 8.00. The van der Waals surface area contributed by atoms with Gasteiger partial charge in [0.1, 0.15) is 6.10 Å². The second-order valence-electron chi connectivity index (χ2n) is 6.00. The summed E-state index contributed by atoms with van der Waals surface area (Å²) in [4.78, 5) is 0.535. The van der Waals surface area contributed by atoms with Crippen LogP contribution in [0.3, 0.4) is 0 Å². The van der Waals surface area contributed by atoms with Crippen molar-refractivity contribution in [3.8, 4) is 0 Å². The Balaban J connectivity index is 2.30. The van der Waals surface area contributed by atoms with Gasteiger partial charge in [-0.25, -0.2) is 0 Å². The zero-order chi connectivity index (χ0) is 16.2. The van der Waals surface area contributed by atoms with Crippen molar-refractivity contribution in [3.05, 3.63) is 66.2 Å². The molecule has 0 amide bonds. The number of benzene rings is 2. The fourth-order valence-electron chi connectivity index (χ4n) is 2.01. The van der Waals surface area contributed by atoms with Crippen LogP contribution in [-0.4, -0.2) is 13.6 Å². The zero-order valence-corrected chi connectivity index (χ0v) is 14.7. The molecule has 0 aliphatic rings. The molecule has 0 aromatic heterocycles. The molecule has 0 fully saturated rings. The molecule has 0 aliphatic carbocycles. The molecule has 5 heteroatoms. The van der Waals surface area contributed by atoms with Gasteiger partial charge in [-0.1, -0.05) is 48.5 Å². The monoisotopic (exact) mass is 338 g/mol. The molecule has 2 aromatic rings.